The minimum atomic E-state index is 0.349. The Kier molecular flexibility index (Phi) is 4.77. The van der Waals surface area contributed by atoms with E-state index in [0.29, 0.717) is 4.75 Å². The predicted molar refractivity (Wildman–Crippen MR) is 69.8 cm³/mol. The van der Waals surface area contributed by atoms with Gasteiger partial charge in [-0.2, -0.15) is 11.8 Å². The highest BCUT2D eigenvalue weighted by Gasteiger charge is 2.28. The summed E-state index contributed by atoms with van der Waals surface area (Å²) in [6.07, 6.45) is 1.14. The van der Waals surface area contributed by atoms with Crippen LogP contribution in [0, 0.1) is 0 Å². The Bertz CT molecular complexity index is 226. The van der Waals surface area contributed by atoms with Gasteiger partial charge in [-0.25, -0.2) is 0 Å². The van der Waals surface area contributed by atoms with Crippen molar-refractivity contribution in [2.45, 2.75) is 31.9 Å². The molecule has 0 aliphatic carbocycles. The van der Waals surface area contributed by atoms with E-state index < -0.39 is 0 Å². The van der Waals surface area contributed by atoms with Crippen molar-refractivity contribution in [1.29, 1.82) is 0 Å². The quantitative estimate of drug-likeness (QED) is 0.578. The van der Waals surface area contributed by atoms with Gasteiger partial charge in [-0.1, -0.05) is 6.92 Å². The molecule has 0 bridgehead atoms. The van der Waals surface area contributed by atoms with Crippen LogP contribution in [0.15, 0.2) is 4.99 Å². The maximum absolute atomic E-state index is 4.34. The van der Waals surface area contributed by atoms with Crippen LogP contribution >= 0.6 is 11.8 Å². The van der Waals surface area contributed by atoms with Crippen molar-refractivity contribution in [2.24, 2.45) is 4.99 Å². The van der Waals surface area contributed by atoms with Gasteiger partial charge >= 0.3 is 0 Å². The monoisotopic (exact) mass is 229 g/mol. The summed E-state index contributed by atoms with van der Waals surface area (Å²) in [4.78, 5) is 6.70. The normalized spacial score (nSPS) is 21.6. The summed E-state index contributed by atoms with van der Waals surface area (Å²) in [6, 6.07) is 0. The summed E-state index contributed by atoms with van der Waals surface area (Å²) in [7, 11) is 1.87. The Morgan fingerprint density at radius 2 is 2.27 bits per heavy atom. The third-order valence-corrected chi connectivity index (χ3v) is 3.77. The lowest BCUT2D eigenvalue weighted by atomic mass is 10.2. The van der Waals surface area contributed by atoms with Gasteiger partial charge in [-0.05, 0) is 20.3 Å². The molecule has 1 heterocycles. The smallest absolute Gasteiger partial charge is 0.193 e. The fourth-order valence-corrected chi connectivity index (χ4v) is 2.88. The minimum absolute atomic E-state index is 0.349. The van der Waals surface area contributed by atoms with E-state index in [1.165, 1.54) is 5.75 Å². The van der Waals surface area contributed by atoms with Crippen molar-refractivity contribution < 1.29 is 0 Å². The van der Waals surface area contributed by atoms with Gasteiger partial charge in [-0.3, -0.25) is 4.99 Å². The Labute approximate surface area is 97.7 Å². The Morgan fingerprint density at radius 3 is 2.80 bits per heavy atom. The van der Waals surface area contributed by atoms with Gasteiger partial charge in [0.05, 0.1) is 0 Å². The standard InChI is InChI=1S/C11H23N3S/c1-5-6-13-10(12-4)14-7-8-15-11(2,3)9-14/h5-9H2,1-4H3,(H,12,13). The highest BCUT2D eigenvalue weighted by atomic mass is 32.2. The van der Waals surface area contributed by atoms with Gasteiger partial charge < -0.3 is 10.2 Å². The molecule has 4 heteroatoms. The zero-order valence-electron chi connectivity index (χ0n) is 10.3. The first kappa shape index (κ1) is 12.7. The van der Waals surface area contributed by atoms with E-state index in [-0.39, 0.29) is 0 Å². The fourth-order valence-electron chi connectivity index (χ4n) is 1.77. The molecule has 0 radical (unpaired) electrons. The van der Waals surface area contributed by atoms with Gasteiger partial charge in [0.2, 0.25) is 0 Å². The van der Waals surface area contributed by atoms with E-state index in [0.717, 1.165) is 32.0 Å². The van der Waals surface area contributed by atoms with Crippen LogP contribution < -0.4 is 5.32 Å². The van der Waals surface area contributed by atoms with E-state index in [9.17, 15) is 0 Å². The van der Waals surface area contributed by atoms with Crippen molar-refractivity contribution >= 4 is 17.7 Å². The topological polar surface area (TPSA) is 27.6 Å². The maximum atomic E-state index is 4.34. The van der Waals surface area contributed by atoms with Crippen LogP contribution in [-0.2, 0) is 0 Å². The van der Waals surface area contributed by atoms with Crippen LogP contribution in [0.25, 0.3) is 0 Å². The molecule has 0 saturated carbocycles. The number of nitrogens with zero attached hydrogens (tertiary/aromatic N) is 2. The fraction of sp³-hybridized carbons (Fsp3) is 0.909. The summed E-state index contributed by atoms with van der Waals surface area (Å²) < 4.78 is 0.349. The molecule has 0 aromatic carbocycles. The summed E-state index contributed by atoms with van der Waals surface area (Å²) in [5.41, 5.74) is 0. The lowest BCUT2D eigenvalue weighted by Gasteiger charge is -2.39. The second kappa shape index (κ2) is 5.64. The Morgan fingerprint density at radius 1 is 1.53 bits per heavy atom. The van der Waals surface area contributed by atoms with Gasteiger partial charge in [0.1, 0.15) is 0 Å². The highest BCUT2D eigenvalue weighted by molar-refractivity contribution is 8.00. The summed E-state index contributed by atoms with van der Waals surface area (Å²) >= 11 is 2.05. The largest absolute Gasteiger partial charge is 0.356 e. The molecule has 1 aliphatic heterocycles. The summed E-state index contributed by atoms with van der Waals surface area (Å²) in [5.74, 6) is 2.25. The molecule has 1 fully saturated rings. The summed E-state index contributed by atoms with van der Waals surface area (Å²) in [5, 5.41) is 3.39. The zero-order valence-corrected chi connectivity index (χ0v) is 11.2. The third-order valence-electron chi connectivity index (χ3n) is 2.47. The van der Waals surface area contributed by atoms with Crippen LogP contribution in [-0.4, -0.2) is 48.0 Å². The van der Waals surface area contributed by atoms with Crippen LogP contribution in [0.3, 0.4) is 0 Å². The Balaban J connectivity index is 2.53. The average Bonchev–Trinajstić information content (AvgIpc) is 2.17. The number of hydrogen-bond acceptors (Lipinski definition) is 2. The first-order chi connectivity index (χ1) is 7.09. The average molecular weight is 229 g/mol. The van der Waals surface area contributed by atoms with Crippen LogP contribution in [0.4, 0.5) is 0 Å². The van der Waals surface area contributed by atoms with E-state index in [1.54, 1.807) is 0 Å². The number of guanidine groups is 1. The first-order valence-electron chi connectivity index (χ1n) is 5.68. The first-order valence-corrected chi connectivity index (χ1v) is 6.67. The molecule has 0 aromatic heterocycles. The SMILES string of the molecule is CCCNC(=NC)N1CCSC(C)(C)C1. The minimum Gasteiger partial charge on any atom is -0.356 e. The van der Waals surface area contributed by atoms with Gasteiger partial charge in [0.25, 0.3) is 0 Å². The molecule has 0 amide bonds. The molecule has 1 saturated heterocycles. The Hall–Kier alpha value is -0.380. The molecule has 1 rings (SSSR count). The molecule has 15 heavy (non-hydrogen) atoms. The van der Waals surface area contributed by atoms with Gasteiger partial charge in [0.15, 0.2) is 5.96 Å². The van der Waals surface area contributed by atoms with Crippen LogP contribution in [0.5, 0.6) is 0 Å². The molecule has 0 atom stereocenters. The van der Waals surface area contributed by atoms with Crippen molar-refractivity contribution in [1.82, 2.24) is 10.2 Å². The van der Waals surface area contributed by atoms with Crippen LogP contribution in [0.1, 0.15) is 27.2 Å². The molecule has 1 N–H and O–H groups in total. The lowest BCUT2D eigenvalue weighted by Crippen LogP contribution is -2.51. The summed E-state index contributed by atoms with van der Waals surface area (Å²) in [6.45, 7) is 9.99. The van der Waals surface area contributed by atoms with E-state index >= 15 is 0 Å². The zero-order chi connectivity index (χ0) is 11.3. The van der Waals surface area contributed by atoms with Gasteiger partial charge in [0, 0.05) is 37.2 Å². The molecule has 0 spiro atoms. The molecule has 0 unspecified atom stereocenters. The highest BCUT2D eigenvalue weighted by Crippen LogP contribution is 2.29. The molecule has 88 valence electrons. The van der Waals surface area contributed by atoms with Crippen molar-refractivity contribution in [3.8, 4) is 0 Å². The second-order valence-corrected chi connectivity index (χ2v) is 6.31. The lowest BCUT2D eigenvalue weighted by molar-refractivity contribution is 0.376. The predicted octanol–water partition coefficient (Wildman–Crippen LogP) is 1.80. The van der Waals surface area contributed by atoms with E-state index in [1.807, 2.05) is 7.05 Å². The van der Waals surface area contributed by atoms with Gasteiger partial charge in [-0.15, -0.1) is 0 Å². The number of aliphatic imine (C=N–C) groups is 1. The van der Waals surface area contributed by atoms with E-state index in [2.05, 4.69) is 47.7 Å². The van der Waals surface area contributed by atoms with Crippen LogP contribution in [0.2, 0.25) is 0 Å². The molecule has 3 nitrogen and oxygen atoms in total. The maximum Gasteiger partial charge on any atom is 0.193 e. The van der Waals surface area contributed by atoms with Crippen molar-refractivity contribution in [3.05, 3.63) is 0 Å². The molecular formula is C11H23N3S. The van der Waals surface area contributed by atoms with Crippen molar-refractivity contribution in [2.75, 3.05) is 32.4 Å². The molecule has 1 aliphatic rings. The third kappa shape index (κ3) is 3.93. The number of thioether (sulfide) groups is 1. The molecular weight excluding hydrogens is 206 g/mol. The van der Waals surface area contributed by atoms with Crippen molar-refractivity contribution in [3.63, 3.8) is 0 Å². The number of hydrogen-bond donors (Lipinski definition) is 1. The number of rotatable bonds is 2. The number of nitrogens with one attached hydrogen (secondary N) is 1. The molecule has 0 aromatic rings. The second-order valence-electron chi connectivity index (χ2n) is 4.50. The van der Waals surface area contributed by atoms with E-state index in [4.69, 9.17) is 0 Å².